The van der Waals surface area contributed by atoms with Crippen LogP contribution < -0.4 is 15.9 Å². The Kier molecular flexibility index (Phi) is 6.79. The quantitative estimate of drug-likeness (QED) is 0.338. The van der Waals surface area contributed by atoms with Crippen LogP contribution >= 0.6 is 7.26 Å². The maximum atomic E-state index is 12.2. The van der Waals surface area contributed by atoms with Crippen molar-refractivity contribution in [2.75, 3.05) is 12.8 Å². The van der Waals surface area contributed by atoms with Gasteiger partial charge in [0.15, 0.2) is 0 Å². The number of carbonyl (C=O) groups is 1. The highest BCUT2D eigenvalue weighted by molar-refractivity contribution is 7.95. The lowest BCUT2D eigenvalue weighted by Crippen LogP contribution is -2.33. The topological polar surface area (TPSA) is 26.3 Å². The van der Waals surface area contributed by atoms with Crippen LogP contribution in [0, 0.1) is 0 Å². The van der Waals surface area contributed by atoms with E-state index in [0.717, 1.165) is 6.16 Å². The predicted molar refractivity (Wildman–Crippen MR) is 120 cm³/mol. The standard InChI is InChI=1S/C25H26O2P/c1-3-27-25(26)21(2)19-20-28(22-13-7-4-8-14-22,23-15-9-5-10-16-23)24-17-11-6-12-18-24/h4-19H,3,20H2,1-2H3/q+1/b21-19+. The summed E-state index contributed by atoms with van der Waals surface area (Å²) in [5.74, 6) is -0.241. The van der Waals surface area contributed by atoms with Crippen molar-refractivity contribution >= 4 is 29.1 Å². The van der Waals surface area contributed by atoms with Gasteiger partial charge in [0.2, 0.25) is 0 Å². The van der Waals surface area contributed by atoms with Crippen LogP contribution in [-0.2, 0) is 9.53 Å². The average Bonchev–Trinajstić information content (AvgIpc) is 2.76. The summed E-state index contributed by atoms with van der Waals surface area (Å²) in [6.07, 6.45) is 2.83. The van der Waals surface area contributed by atoms with Gasteiger partial charge in [-0.3, -0.25) is 0 Å². The normalized spacial score (nSPS) is 11.9. The fourth-order valence-corrected chi connectivity index (χ4v) is 7.53. The van der Waals surface area contributed by atoms with Crippen LogP contribution in [0.25, 0.3) is 0 Å². The maximum absolute atomic E-state index is 12.2. The number of hydrogen-bond acceptors (Lipinski definition) is 2. The number of benzene rings is 3. The third-order valence-corrected chi connectivity index (χ3v) is 9.13. The fourth-order valence-electron chi connectivity index (χ4n) is 3.41. The molecule has 0 aliphatic carbocycles. The van der Waals surface area contributed by atoms with E-state index in [-0.39, 0.29) is 5.97 Å². The first-order chi connectivity index (χ1) is 13.7. The summed E-state index contributed by atoms with van der Waals surface area (Å²) in [5.41, 5.74) is 0.661. The van der Waals surface area contributed by atoms with Crippen molar-refractivity contribution in [1.82, 2.24) is 0 Å². The largest absolute Gasteiger partial charge is 0.463 e. The summed E-state index contributed by atoms with van der Waals surface area (Å²) >= 11 is 0. The van der Waals surface area contributed by atoms with E-state index in [1.807, 2.05) is 32.0 Å². The summed E-state index contributed by atoms with van der Waals surface area (Å²) in [5, 5.41) is 3.92. The van der Waals surface area contributed by atoms with E-state index in [4.69, 9.17) is 4.74 Å². The Morgan fingerprint density at radius 1 is 0.786 bits per heavy atom. The fraction of sp³-hybridized carbons (Fsp3) is 0.160. The van der Waals surface area contributed by atoms with Crippen molar-refractivity contribution in [3.05, 3.63) is 103 Å². The molecule has 3 aromatic carbocycles. The Labute approximate surface area is 168 Å². The minimum Gasteiger partial charge on any atom is -0.463 e. The lowest BCUT2D eigenvalue weighted by molar-refractivity contribution is -0.138. The molecule has 0 aliphatic heterocycles. The second kappa shape index (κ2) is 9.48. The number of carbonyl (C=O) groups excluding carboxylic acids is 1. The van der Waals surface area contributed by atoms with Gasteiger partial charge in [-0.1, -0.05) is 54.6 Å². The number of rotatable bonds is 7. The Bertz CT molecular complexity index is 822. The zero-order valence-electron chi connectivity index (χ0n) is 16.4. The van der Waals surface area contributed by atoms with Gasteiger partial charge in [0, 0.05) is 5.57 Å². The summed E-state index contributed by atoms with van der Waals surface area (Å²) in [7, 11) is -1.95. The van der Waals surface area contributed by atoms with Crippen molar-refractivity contribution in [3.8, 4) is 0 Å². The maximum Gasteiger partial charge on any atom is 0.333 e. The zero-order chi connectivity index (χ0) is 19.8. The molecular weight excluding hydrogens is 363 g/mol. The van der Waals surface area contributed by atoms with Gasteiger partial charge < -0.3 is 4.74 Å². The molecule has 0 heterocycles. The Morgan fingerprint density at radius 3 is 1.54 bits per heavy atom. The lowest BCUT2D eigenvalue weighted by Gasteiger charge is -2.26. The second-order valence-electron chi connectivity index (χ2n) is 6.61. The van der Waals surface area contributed by atoms with Crippen LogP contribution in [0.2, 0.25) is 0 Å². The van der Waals surface area contributed by atoms with Gasteiger partial charge in [0.05, 0.1) is 12.8 Å². The van der Waals surface area contributed by atoms with Gasteiger partial charge in [-0.15, -0.1) is 0 Å². The predicted octanol–water partition coefficient (Wildman–Crippen LogP) is 4.49. The third kappa shape index (κ3) is 4.24. The van der Waals surface area contributed by atoms with E-state index in [0.29, 0.717) is 12.2 Å². The smallest absolute Gasteiger partial charge is 0.333 e. The molecule has 0 saturated heterocycles. The molecule has 0 unspecified atom stereocenters. The van der Waals surface area contributed by atoms with Crippen LogP contribution in [-0.4, -0.2) is 18.7 Å². The van der Waals surface area contributed by atoms with Crippen LogP contribution in [0.15, 0.2) is 103 Å². The molecule has 3 rings (SSSR count). The molecule has 0 spiro atoms. The molecule has 0 bridgehead atoms. The summed E-state index contributed by atoms with van der Waals surface area (Å²) in [4.78, 5) is 12.2. The molecule has 3 heteroatoms. The van der Waals surface area contributed by atoms with Gasteiger partial charge in [-0.2, -0.15) is 0 Å². The van der Waals surface area contributed by atoms with Crippen molar-refractivity contribution in [1.29, 1.82) is 0 Å². The summed E-state index contributed by atoms with van der Waals surface area (Å²) < 4.78 is 5.19. The van der Waals surface area contributed by atoms with Gasteiger partial charge in [0.25, 0.3) is 0 Å². The summed E-state index contributed by atoms with van der Waals surface area (Å²) in [6, 6.07) is 32.0. The SMILES string of the molecule is CCOC(=O)/C(C)=C/C[P+](c1ccccc1)(c1ccccc1)c1ccccc1. The monoisotopic (exact) mass is 389 g/mol. The van der Waals surface area contributed by atoms with Crippen molar-refractivity contribution < 1.29 is 9.53 Å². The summed E-state index contributed by atoms with van der Waals surface area (Å²) in [6.45, 7) is 4.06. The molecule has 142 valence electrons. The molecule has 2 nitrogen and oxygen atoms in total. The third-order valence-electron chi connectivity index (χ3n) is 4.86. The number of esters is 1. The van der Waals surface area contributed by atoms with Crippen LogP contribution in [0.3, 0.4) is 0 Å². The van der Waals surface area contributed by atoms with Gasteiger partial charge >= 0.3 is 5.97 Å². The van der Waals surface area contributed by atoms with E-state index < -0.39 is 7.26 Å². The molecule has 28 heavy (non-hydrogen) atoms. The van der Waals surface area contributed by atoms with E-state index in [1.165, 1.54) is 15.9 Å². The number of allylic oxidation sites excluding steroid dienone is 1. The van der Waals surface area contributed by atoms with Gasteiger partial charge in [-0.05, 0) is 56.3 Å². The van der Waals surface area contributed by atoms with Crippen molar-refractivity contribution in [2.24, 2.45) is 0 Å². The van der Waals surface area contributed by atoms with E-state index in [2.05, 4.69) is 78.9 Å². The van der Waals surface area contributed by atoms with Crippen molar-refractivity contribution in [2.45, 2.75) is 13.8 Å². The van der Waals surface area contributed by atoms with Gasteiger partial charge in [-0.25, -0.2) is 4.79 Å². The van der Waals surface area contributed by atoms with Crippen LogP contribution in [0.4, 0.5) is 0 Å². The first kappa shape index (κ1) is 20.0. The molecule has 0 atom stereocenters. The molecule has 0 aliphatic rings. The van der Waals surface area contributed by atoms with E-state index in [1.54, 1.807) is 0 Å². The minimum atomic E-state index is -1.95. The molecule has 0 fully saturated rings. The molecule has 3 aromatic rings. The molecule has 0 amide bonds. The minimum absolute atomic E-state index is 0.241. The van der Waals surface area contributed by atoms with Crippen LogP contribution in [0.5, 0.6) is 0 Å². The molecule has 0 saturated carbocycles. The Balaban J connectivity index is 2.20. The van der Waals surface area contributed by atoms with Gasteiger partial charge in [0.1, 0.15) is 23.2 Å². The molecule has 0 aromatic heterocycles. The highest BCUT2D eigenvalue weighted by atomic mass is 31.2. The molecule has 0 N–H and O–H groups in total. The highest BCUT2D eigenvalue weighted by Crippen LogP contribution is 2.55. The number of ether oxygens (including phenoxy) is 1. The van der Waals surface area contributed by atoms with Crippen molar-refractivity contribution in [3.63, 3.8) is 0 Å². The second-order valence-corrected chi connectivity index (χ2v) is 10.1. The highest BCUT2D eigenvalue weighted by Gasteiger charge is 2.44. The Morgan fingerprint density at radius 2 is 1.18 bits per heavy atom. The molecule has 0 radical (unpaired) electrons. The first-order valence-electron chi connectivity index (χ1n) is 9.57. The zero-order valence-corrected chi connectivity index (χ0v) is 17.3. The number of hydrogen-bond donors (Lipinski definition) is 0. The average molecular weight is 389 g/mol. The Hall–Kier alpha value is -2.70. The van der Waals surface area contributed by atoms with Crippen LogP contribution in [0.1, 0.15) is 13.8 Å². The van der Waals surface area contributed by atoms with E-state index in [9.17, 15) is 4.79 Å². The first-order valence-corrected chi connectivity index (χ1v) is 11.5. The molecular formula is C25H26O2P+. The van der Waals surface area contributed by atoms with E-state index >= 15 is 0 Å². The lowest BCUT2D eigenvalue weighted by atomic mass is 10.3.